The van der Waals surface area contributed by atoms with Gasteiger partial charge in [-0.15, -0.1) is 0 Å². The molecule has 0 aliphatic carbocycles. The molecule has 3 N–H and O–H groups in total. The van der Waals surface area contributed by atoms with Crippen molar-refractivity contribution in [2.24, 2.45) is 0 Å². The number of nitrogens with one attached hydrogen (secondary N) is 2. The van der Waals surface area contributed by atoms with Crippen LogP contribution in [-0.2, 0) is 34.8 Å². The number of aromatic amines is 1. The van der Waals surface area contributed by atoms with E-state index in [4.69, 9.17) is 5.11 Å². The van der Waals surface area contributed by atoms with Gasteiger partial charge in [-0.1, -0.05) is 36.4 Å². The highest BCUT2D eigenvalue weighted by molar-refractivity contribution is 5.92. The molecule has 0 spiro atoms. The molecule has 2 aromatic heterocycles. The highest BCUT2D eigenvalue weighted by atomic mass is 19.4. The van der Waals surface area contributed by atoms with E-state index in [0.717, 1.165) is 35.3 Å². The Hall–Kier alpha value is -5.28. The van der Waals surface area contributed by atoms with Crippen LogP contribution in [0.15, 0.2) is 73.1 Å². The van der Waals surface area contributed by atoms with Crippen LogP contribution in [-0.4, -0.2) is 36.7 Å². The molecule has 0 fully saturated rings. The third-order valence-corrected chi connectivity index (χ3v) is 5.92. The largest absolute Gasteiger partial charge is 0.481 e. The number of hydrogen-bond acceptors (Lipinski definition) is 4. The van der Waals surface area contributed by atoms with Gasteiger partial charge in [0.05, 0.1) is 53.1 Å². The van der Waals surface area contributed by atoms with Gasteiger partial charge in [0.25, 0.3) is 0 Å². The Morgan fingerprint density at radius 3 is 1.93 bits per heavy atom. The summed E-state index contributed by atoms with van der Waals surface area (Å²) in [4.78, 5) is 29.9. The molecule has 0 saturated heterocycles. The molecule has 0 unspecified atom stereocenters. The van der Waals surface area contributed by atoms with Gasteiger partial charge in [-0.2, -0.15) is 31.4 Å². The van der Waals surface area contributed by atoms with Gasteiger partial charge in [0, 0.05) is 0 Å². The maximum absolute atomic E-state index is 13.6. The number of halogens is 8. The van der Waals surface area contributed by atoms with Gasteiger partial charge in [0.15, 0.2) is 0 Å². The van der Waals surface area contributed by atoms with Gasteiger partial charge in [-0.3, -0.25) is 9.59 Å². The minimum atomic E-state index is -4.90. The average molecular weight is 625 g/mol. The molecule has 230 valence electrons. The van der Waals surface area contributed by atoms with Crippen molar-refractivity contribution in [2.45, 2.75) is 25.2 Å². The molecule has 0 radical (unpaired) electrons. The highest BCUT2D eigenvalue weighted by Crippen LogP contribution is 2.35. The molecule has 0 saturated carbocycles. The fourth-order valence-electron chi connectivity index (χ4n) is 4.16. The van der Waals surface area contributed by atoms with E-state index in [0.29, 0.717) is 18.1 Å². The Bertz CT molecular complexity index is 1780. The fraction of sp³-hybridized carbons (Fsp3) is 0.143. The van der Waals surface area contributed by atoms with Crippen molar-refractivity contribution < 1.29 is 49.8 Å². The lowest BCUT2D eigenvalue weighted by molar-refractivity contribution is -0.142. The lowest BCUT2D eigenvalue weighted by Crippen LogP contribution is -2.19. The van der Waals surface area contributed by atoms with Gasteiger partial charge in [0.1, 0.15) is 11.6 Å². The second-order valence-corrected chi connectivity index (χ2v) is 9.09. The third-order valence-electron chi connectivity index (χ3n) is 5.92. The quantitative estimate of drug-likeness (QED) is 0.185. The number of anilines is 1. The maximum atomic E-state index is 13.6. The Kier molecular flexibility index (Phi) is 9.01. The first-order valence-electron chi connectivity index (χ1n) is 12.3. The van der Waals surface area contributed by atoms with Crippen molar-refractivity contribution in [3.8, 4) is 5.95 Å². The SMILES string of the molecule is O=C(Cc1cccc(F)c1C(F)(F)F)Nc1cnn(-c2nc3ccccc3[nH]2)c1.O=C(O)Cc1cccc(F)c1C(F)(F)F. The molecule has 5 aromatic rings. The molecule has 0 aliphatic rings. The van der Waals surface area contributed by atoms with Gasteiger partial charge in [0.2, 0.25) is 11.9 Å². The molecule has 8 nitrogen and oxygen atoms in total. The highest BCUT2D eigenvalue weighted by Gasteiger charge is 2.38. The molecule has 0 bridgehead atoms. The number of H-pyrrole nitrogens is 1. The fourth-order valence-corrected chi connectivity index (χ4v) is 4.16. The second-order valence-electron chi connectivity index (χ2n) is 9.09. The number of fused-ring (bicyclic) bond motifs is 1. The zero-order chi connectivity index (χ0) is 32.2. The zero-order valence-corrected chi connectivity index (χ0v) is 22.0. The van der Waals surface area contributed by atoms with E-state index in [1.54, 1.807) is 0 Å². The first-order valence-corrected chi connectivity index (χ1v) is 12.3. The van der Waals surface area contributed by atoms with Gasteiger partial charge in [-0.25, -0.2) is 18.4 Å². The van der Waals surface area contributed by atoms with Crippen molar-refractivity contribution >= 4 is 28.6 Å². The third kappa shape index (κ3) is 7.56. The van der Waals surface area contributed by atoms with Crippen LogP contribution in [0.2, 0.25) is 0 Å². The van der Waals surface area contributed by atoms with E-state index in [1.165, 1.54) is 17.1 Å². The standard InChI is InChI=1S/C19H13F4N5O.C9H6F4O2/c20-13-5-3-4-11(17(13)19(21,22)23)8-16(29)25-12-9-24-28(10-12)18-26-14-6-1-2-7-15(14)27-18;10-6-3-1-2-5(4-7(14)15)8(6)9(11,12)13/h1-7,9-10H,8H2,(H,25,29)(H,26,27);1-3H,4H2,(H,14,15). The number of carboxylic acids is 1. The van der Waals surface area contributed by atoms with Crippen LogP contribution >= 0.6 is 0 Å². The minimum absolute atomic E-state index is 0.264. The van der Waals surface area contributed by atoms with Crippen LogP contribution < -0.4 is 5.32 Å². The van der Waals surface area contributed by atoms with E-state index in [1.807, 2.05) is 24.3 Å². The number of amides is 1. The predicted octanol–water partition coefficient (Wildman–Crippen LogP) is 6.56. The number of aliphatic carboxylic acids is 1. The van der Waals surface area contributed by atoms with E-state index < -0.39 is 71.0 Å². The molecule has 44 heavy (non-hydrogen) atoms. The van der Waals surface area contributed by atoms with Crippen molar-refractivity contribution in [1.29, 1.82) is 0 Å². The van der Waals surface area contributed by atoms with Crippen LogP contribution in [0, 0.1) is 11.6 Å². The topological polar surface area (TPSA) is 113 Å². The van der Waals surface area contributed by atoms with Gasteiger partial charge in [-0.05, 0) is 35.4 Å². The van der Waals surface area contributed by atoms with Crippen LogP contribution in [0.25, 0.3) is 17.0 Å². The Morgan fingerprint density at radius 1 is 0.818 bits per heavy atom. The normalized spacial score (nSPS) is 11.6. The van der Waals surface area contributed by atoms with Crippen molar-refractivity contribution in [3.63, 3.8) is 0 Å². The summed E-state index contributed by atoms with van der Waals surface area (Å²) in [5.74, 6) is -4.63. The molecule has 5 rings (SSSR count). The molecule has 3 aromatic carbocycles. The summed E-state index contributed by atoms with van der Waals surface area (Å²) in [5, 5.41) is 14.9. The van der Waals surface area contributed by atoms with Crippen molar-refractivity contribution in [2.75, 3.05) is 5.32 Å². The van der Waals surface area contributed by atoms with Crippen LogP contribution in [0.3, 0.4) is 0 Å². The smallest absolute Gasteiger partial charge is 0.419 e. The number of carbonyl (C=O) groups excluding carboxylic acids is 1. The summed E-state index contributed by atoms with van der Waals surface area (Å²) in [6.45, 7) is 0. The summed E-state index contributed by atoms with van der Waals surface area (Å²) in [5.41, 5.74) is -2.17. The van der Waals surface area contributed by atoms with E-state index in [-0.39, 0.29) is 5.69 Å². The molecule has 0 atom stereocenters. The van der Waals surface area contributed by atoms with Gasteiger partial charge < -0.3 is 15.4 Å². The summed E-state index contributed by atoms with van der Waals surface area (Å²) in [6, 6.07) is 12.9. The molecule has 0 aliphatic heterocycles. The van der Waals surface area contributed by atoms with Crippen LogP contribution in [0.1, 0.15) is 22.3 Å². The number of aromatic nitrogens is 4. The number of hydrogen-bond donors (Lipinski definition) is 3. The average Bonchev–Trinajstić information content (AvgIpc) is 3.54. The summed E-state index contributed by atoms with van der Waals surface area (Å²) in [6.07, 6.45) is -8.47. The van der Waals surface area contributed by atoms with Crippen LogP contribution in [0.5, 0.6) is 0 Å². The number of carboxylic acid groups (broad SMARTS) is 1. The lowest BCUT2D eigenvalue weighted by Gasteiger charge is -2.13. The number of rotatable bonds is 6. The Balaban J connectivity index is 0.000000249. The number of nitrogens with zero attached hydrogens (tertiary/aromatic N) is 3. The van der Waals surface area contributed by atoms with E-state index >= 15 is 0 Å². The number of alkyl halides is 6. The molecular weight excluding hydrogens is 606 g/mol. The van der Waals surface area contributed by atoms with E-state index in [9.17, 15) is 44.7 Å². The number of para-hydroxylation sites is 2. The molecule has 2 heterocycles. The first kappa shape index (κ1) is 31.7. The number of imidazole rings is 1. The zero-order valence-electron chi connectivity index (χ0n) is 22.0. The van der Waals surface area contributed by atoms with Crippen molar-refractivity contribution in [3.05, 3.63) is 107 Å². The maximum Gasteiger partial charge on any atom is 0.419 e. The lowest BCUT2D eigenvalue weighted by atomic mass is 10.0. The van der Waals surface area contributed by atoms with E-state index in [2.05, 4.69) is 20.4 Å². The predicted molar refractivity (Wildman–Crippen MR) is 140 cm³/mol. The summed E-state index contributed by atoms with van der Waals surface area (Å²) in [7, 11) is 0. The second kappa shape index (κ2) is 12.5. The minimum Gasteiger partial charge on any atom is -0.481 e. The first-order chi connectivity index (χ1) is 20.6. The Labute approximate surface area is 242 Å². The summed E-state index contributed by atoms with van der Waals surface area (Å²) < 4.78 is 104. The van der Waals surface area contributed by atoms with Gasteiger partial charge >= 0.3 is 18.3 Å². The monoisotopic (exact) mass is 625 g/mol. The van der Waals surface area contributed by atoms with Crippen molar-refractivity contribution in [1.82, 2.24) is 19.7 Å². The number of benzene rings is 3. The molecular formula is C28H19F8N5O3. The van der Waals surface area contributed by atoms with Crippen LogP contribution in [0.4, 0.5) is 40.8 Å². The Morgan fingerprint density at radius 2 is 1.39 bits per heavy atom. The number of carbonyl (C=O) groups is 2. The summed E-state index contributed by atoms with van der Waals surface area (Å²) >= 11 is 0. The molecule has 16 heteroatoms. The molecule has 1 amide bonds.